The second-order valence-corrected chi connectivity index (χ2v) is 11.1. The number of nitrogens with one attached hydrogen (secondary N) is 1. The number of carbonyl (C=O) groups is 3. The summed E-state index contributed by atoms with van der Waals surface area (Å²) >= 11 is 4.04. The number of hydrazone groups is 1. The topological polar surface area (TPSA) is 207 Å². The van der Waals surface area contributed by atoms with Crippen LogP contribution >= 0.6 is 35.3 Å². The van der Waals surface area contributed by atoms with Crippen LogP contribution in [0, 0.1) is 0 Å². The largest absolute Gasteiger partial charge is 0.477 e. The lowest BCUT2D eigenvalue weighted by Crippen LogP contribution is -2.70. The molecule has 1 saturated heterocycles. The highest BCUT2D eigenvalue weighted by atomic mass is 32.2. The number of amidine groups is 1. The summed E-state index contributed by atoms with van der Waals surface area (Å²) in [6.07, 6.45) is 1.25. The Labute approximate surface area is 229 Å². The molecule has 38 heavy (non-hydrogen) atoms. The molecular weight excluding hydrogens is 552 g/mol. The first-order chi connectivity index (χ1) is 18.3. The molecule has 4 rings (SSSR count). The number of carboxylic acids is 1. The van der Waals surface area contributed by atoms with E-state index in [-0.39, 0.29) is 18.0 Å². The number of aliphatic imine (C=N–C) groups is 1. The lowest BCUT2D eigenvalue weighted by atomic mass is 10.0. The van der Waals surface area contributed by atoms with E-state index in [0.717, 1.165) is 17.5 Å². The number of carboxylic acid groups (broad SMARTS) is 1. The second-order valence-electron chi connectivity index (χ2n) is 8.10. The average molecular weight is 577 g/mol. The van der Waals surface area contributed by atoms with Crippen molar-refractivity contribution < 1.29 is 19.5 Å². The lowest BCUT2D eigenvalue weighted by molar-refractivity contribution is -0.150. The average Bonchev–Trinajstić information content (AvgIpc) is 3.32. The predicted molar refractivity (Wildman–Crippen MR) is 145 cm³/mol. The van der Waals surface area contributed by atoms with E-state index in [1.54, 1.807) is 7.05 Å². The summed E-state index contributed by atoms with van der Waals surface area (Å²) in [5.41, 5.74) is 8.06. The molecule has 0 radical (unpaired) electrons. The quantitative estimate of drug-likeness (QED) is 0.0720. The van der Waals surface area contributed by atoms with Gasteiger partial charge in [-0.3, -0.25) is 14.5 Å². The summed E-state index contributed by atoms with van der Waals surface area (Å²) in [4.78, 5) is 42.7. The molecule has 2 aromatic rings. The third kappa shape index (κ3) is 6.28. The molecule has 3 heterocycles. The van der Waals surface area contributed by atoms with Gasteiger partial charge in [0.1, 0.15) is 23.5 Å². The molecule has 6 N–H and O–H groups in total. The minimum atomic E-state index is -1.18. The fourth-order valence-electron chi connectivity index (χ4n) is 3.74. The standard InChI is InChI=1S/C21H24N10O4S3/c1-30-21(27-28-29-30)38-9-13-8-36-18-15(17(33)31(18)16(13)19(34)35)26-14(32)6-11-2-4-12(5-3-11)7-37-20(22)24-10-25-23/h2-5,10,15,18H,6-9,23H2,1H3,(H,26,32)(H,34,35)(H2,22,24,25). The van der Waals surface area contributed by atoms with Gasteiger partial charge in [-0.15, -0.1) is 16.9 Å². The Hall–Kier alpha value is -3.57. The van der Waals surface area contributed by atoms with Crippen molar-refractivity contribution in [2.75, 3.05) is 11.5 Å². The van der Waals surface area contributed by atoms with Gasteiger partial charge in [0.2, 0.25) is 11.1 Å². The van der Waals surface area contributed by atoms with Crippen LogP contribution in [0.15, 0.2) is 50.8 Å². The third-order valence-corrected chi connectivity index (χ3v) is 8.86. The van der Waals surface area contributed by atoms with Crippen LogP contribution in [0.1, 0.15) is 11.1 Å². The van der Waals surface area contributed by atoms with Crippen molar-refractivity contribution >= 4 is 64.6 Å². The number of carbonyl (C=O) groups excluding carboxylic acids is 2. The molecular formula is C21H24N10O4S3. The lowest BCUT2D eigenvalue weighted by Gasteiger charge is -2.49. The molecule has 2 aliphatic rings. The van der Waals surface area contributed by atoms with Crippen LogP contribution in [-0.4, -0.2) is 82.4 Å². The van der Waals surface area contributed by atoms with Gasteiger partial charge >= 0.3 is 5.97 Å². The smallest absolute Gasteiger partial charge is 0.352 e. The van der Waals surface area contributed by atoms with E-state index < -0.39 is 23.3 Å². The van der Waals surface area contributed by atoms with Crippen molar-refractivity contribution in [3.05, 3.63) is 46.7 Å². The van der Waals surface area contributed by atoms with Gasteiger partial charge < -0.3 is 22.0 Å². The zero-order chi connectivity index (χ0) is 27.2. The molecule has 1 aromatic heterocycles. The number of aromatic nitrogens is 4. The minimum absolute atomic E-state index is 0.0404. The first-order valence-corrected chi connectivity index (χ1v) is 14.1. The highest BCUT2D eigenvalue weighted by Crippen LogP contribution is 2.41. The van der Waals surface area contributed by atoms with Crippen LogP contribution in [0.2, 0.25) is 0 Å². The number of benzene rings is 1. The Kier molecular flexibility index (Phi) is 8.90. The number of nitrogens with zero attached hydrogens (tertiary/aromatic N) is 7. The van der Waals surface area contributed by atoms with Crippen molar-refractivity contribution in [3.8, 4) is 0 Å². The fraction of sp³-hybridized carbons (Fsp3) is 0.333. The second kappa shape index (κ2) is 12.3. The van der Waals surface area contributed by atoms with Gasteiger partial charge in [0.25, 0.3) is 5.91 Å². The van der Waals surface area contributed by atoms with Crippen molar-refractivity contribution in [2.24, 2.45) is 28.7 Å². The van der Waals surface area contributed by atoms with Gasteiger partial charge in [-0.25, -0.2) is 14.5 Å². The van der Waals surface area contributed by atoms with Gasteiger partial charge in [-0.05, 0) is 27.1 Å². The van der Waals surface area contributed by atoms with E-state index >= 15 is 0 Å². The number of β-lactam (4-membered cyclic amide) rings is 1. The van der Waals surface area contributed by atoms with E-state index in [9.17, 15) is 19.5 Å². The molecule has 200 valence electrons. The molecule has 2 aliphatic heterocycles. The molecule has 1 aromatic carbocycles. The van der Waals surface area contributed by atoms with Gasteiger partial charge in [0.15, 0.2) is 5.17 Å². The Morgan fingerprint density at radius 1 is 1.29 bits per heavy atom. The number of tetrazole rings is 1. The number of thioether (sulfide) groups is 3. The van der Waals surface area contributed by atoms with Crippen molar-refractivity contribution in [1.29, 1.82) is 0 Å². The van der Waals surface area contributed by atoms with Crippen molar-refractivity contribution in [3.63, 3.8) is 0 Å². The number of rotatable bonds is 10. The molecule has 0 saturated carbocycles. The van der Waals surface area contributed by atoms with Gasteiger partial charge in [-0.1, -0.05) is 47.8 Å². The first-order valence-electron chi connectivity index (χ1n) is 11.1. The minimum Gasteiger partial charge on any atom is -0.477 e. The highest BCUT2D eigenvalue weighted by molar-refractivity contribution is 8.13. The zero-order valence-corrected chi connectivity index (χ0v) is 22.5. The Morgan fingerprint density at radius 2 is 2.03 bits per heavy atom. The predicted octanol–water partition coefficient (Wildman–Crippen LogP) is -0.267. The first kappa shape index (κ1) is 27.5. The zero-order valence-electron chi connectivity index (χ0n) is 20.1. The molecule has 0 bridgehead atoms. The monoisotopic (exact) mass is 576 g/mol. The Bertz CT molecular complexity index is 1310. The maximum absolute atomic E-state index is 12.9. The summed E-state index contributed by atoms with van der Waals surface area (Å²) in [7, 11) is 1.69. The van der Waals surface area contributed by atoms with Crippen LogP contribution in [0.25, 0.3) is 0 Å². The summed E-state index contributed by atoms with van der Waals surface area (Å²) in [5, 5.41) is 27.4. The number of amides is 2. The number of fused-ring (bicyclic) bond motifs is 1. The van der Waals surface area contributed by atoms with Crippen LogP contribution in [0.3, 0.4) is 0 Å². The summed E-state index contributed by atoms with van der Waals surface area (Å²) in [6, 6.07) is 6.64. The summed E-state index contributed by atoms with van der Waals surface area (Å²) in [6.45, 7) is 0. The van der Waals surface area contributed by atoms with Crippen molar-refractivity contribution in [1.82, 2.24) is 30.4 Å². The van der Waals surface area contributed by atoms with E-state index in [1.165, 1.54) is 44.9 Å². The van der Waals surface area contributed by atoms with Crippen molar-refractivity contribution in [2.45, 2.75) is 28.7 Å². The molecule has 17 heteroatoms. The van der Waals surface area contributed by atoms with E-state index in [2.05, 4.69) is 30.9 Å². The number of nitrogens with two attached hydrogens (primary N) is 2. The Balaban J connectivity index is 1.32. The van der Waals surface area contributed by atoms with E-state index in [4.69, 9.17) is 11.6 Å². The maximum atomic E-state index is 12.9. The number of hydrogen-bond acceptors (Lipinski definition) is 11. The van der Waals surface area contributed by atoms with Crippen LogP contribution in [0.4, 0.5) is 0 Å². The number of aryl methyl sites for hydroxylation is 1. The number of aliphatic carboxylic acids is 1. The summed E-state index contributed by atoms with van der Waals surface area (Å²) < 4.78 is 1.49. The normalized spacial score (nSPS) is 19.4. The van der Waals surface area contributed by atoms with Gasteiger partial charge in [0, 0.05) is 24.3 Å². The number of hydrogen-bond donors (Lipinski definition) is 4. The molecule has 0 spiro atoms. The van der Waals surface area contributed by atoms with Crippen LogP contribution < -0.4 is 16.9 Å². The van der Waals surface area contributed by atoms with Crippen LogP contribution in [-0.2, 0) is 33.6 Å². The molecule has 2 atom stereocenters. The highest BCUT2D eigenvalue weighted by Gasteiger charge is 2.54. The van der Waals surface area contributed by atoms with E-state index in [1.807, 2.05) is 24.3 Å². The van der Waals surface area contributed by atoms with Gasteiger partial charge in [-0.2, -0.15) is 5.10 Å². The fourth-order valence-corrected chi connectivity index (χ4v) is 6.70. The Morgan fingerprint density at radius 3 is 2.68 bits per heavy atom. The van der Waals surface area contributed by atoms with E-state index in [0.29, 0.717) is 33.2 Å². The molecule has 1 fully saturated rings. The van der Waals surface area contributed by atoms with Crippen LogP contribution in [0.5, 0.6) is 0 Å². The molecule has 0 aliphatic carbocycles. The molecule has 14 nitrogen and oxygen atoms in total. The SMILES string of the molecule is Cn1nnnc1SCC1=C(C(=O)O)N2C(=O)C(NC(=O)Cc3ccc(CSC(N)=NC=NN)cc3)C2SC1. The third-order valence-electron chi connectivity index (χ3n) is 5.55. The summed E-state index contributed by atoms with van der Waals surface area (Å²) in [5.74, 6) is 4.36. The van der Waals surface area contributed by atoms with Gasteiger partial charge in [0.05, 0.1) is 6.42 Å². The maximum Gasteiger partial charge on any atom is 0.352 e. The molecule has 2 unspecified atom stereocenters. The molecule has 2 amide bonds.